The summed E-state index contributed by atoms with van der Waals surface area (Å²) in [6.07, 6.45) is 3.38. The van der Waals surface area contributed by atoms with E-state index in [9.17, 15) is 4.79 Å². The van der Waals surface area contributed by atoms with Gasteiger partial charge in [-0.1, -0.05) is 18.2 Å². The minimum atomic E-state index is 0.0259. The fraction of sp³-hybridized carbons (Fsp3) is 0.409. The summed E-state index contributed by atoms with van der Waals surface area (Å²) < 4.78 is 7.60. The van der Waals surface area contributed by atoms with Gasteiger partial charge in [-0.15, -0.1) is 0 Å². The van der Waals surface area contributed by atoms with Crippen LogP contribution in [0.4, 0.5) is 0 Å². The van der Waals surface area contributed by atoms with Crippen LogP contribution in [0, 0.1) is 0 Å². The Morgan fingerprint density at radius 1 is 1.21 bits per heavy atom. The Labute approximate surface area is 170 Å². The molecule has 3 aromatic rings. The van der Waals surface area contributed by atoms with Gasteiger partial charge in [-0.25, -0.2) is 9.97 Å². The van der Waals surface area contributed by atoms with Gasteiger partial charge < -0.3 is 14.2 Å². The Morgan fingerprint density at radius 3 is 2.83 bits per heavy atom. The number of carbonyl (C=O) groups excluding carboxylic acids is 1. The zero-order chi connectivity index (χ0) is 20.4. The number of aryl methyl sites for hydroxylation is 1. The molecule has 1 aromatic carbocycles. The lowest BCUT2D eigenvalue weighted by molar-refractivity contribution is 0.0475. The van der Waals surface area contributed by atoms with Crippen molar-refractivity contribution in [3.63, 3.8) is 0 Å². The van der Waals surface area contributed by atoms with E-state index in [0.29, 0.717) is 24.2 Å². The standard InChI is InChI=1S/C22H27N5O2/c1-4-29-19-8-6-5-7-17(19)14-26-11-12-27(16(2)13-26)22(28)18-9-10-23-21-20(18)24-15-25(21)3/h5-10,15-16H,4,11-14H2,1-3H3. The summed E-state index contributed by atoms with van der Waals surface area (Å²) in [5, 5.41) is 0. The lowest BCUT2D eigenvalue weighted by atomic mass is 10.1. The molecule has 0 bridgehead atoms. The molecular formula is C22H27N5O2. The number of benzene rings is 1. The highest BCUT2D eigenvalue weighted by molar-refractivity contribution is 6.04. The molecule has 0 radical (unpaired) electrons. The van der Waals surface area contributed by atoms with Crippen LogP contribution >= 0.6 is 0 Å². The molecule has 152 valence electrons. The summed E-state index contributed by atoms with van der Waals surface area (Å²) in [7, 11) is 1.89. The number of para-hydroxylation sites is 1. The molecule has 1 saturated heterocycles. The molecule has 29 heavy (non-hydrogen) atoms. The van der Waals surface area contributed by atoms with Gasteiger partial charge >= 0.3 is 0 Å². The predicted octanol–water partition coefficient (Wildman–Crippen LogP) is 2.71. The van der Waals surface area contributed by atoms with E-state index in [1.165, 1.54) is 5.56 Å². The molecule has 0 aliphatic carbocycles. The highest BCUT2D eigenvalue weighted by Gasteiger charge is 2.30. The van der Waals surface area contributed by atoms with Gasteiger partial charge in [-0.2, -0.15) is 0 Å². The molecule has 1 unspecified atom stereocenters. The number of piperazine rings is 1. The van der Waals surface area contributed by atoms with Crippen molar-refractivity contribution in [2.45, 2.75) is 26.4 Å². The highest BCUT2D eigenvalue weighted by Crippen LogP contribution is 2.23. The van der Waals surface area contributed by atoms with Gasteiger partial charge in [0.25, 0.3) is 5.91 Å². The summed E-state index contributed by atoms with van der Waals surface area (Å²) in [5.74, 6) is 0.966. The molecule has 2 aromatic heterocycles. The smallest absolute Gasteiger partial charge is 0.256 e. The van der Waals surface area contributed by atoms with Crippen molar-refractivity contribution < 1.29 is 9.53 Å². The number of aromatic nitrogens is 3. The summed E-state index contributed by atoms with van der Waals surface area (Å²) in [5.41, 5.74) is 3.21. The zero-order valence-corrected chi connectivity index (χ0v) is 17.2. The second-order valence-corrected chi connectivity index (χ2v) is 7.51. The largest absolute Gasteiger partial charge is 0.494 e. The highest BCUT2D eigenvalue weighted by atomic mass is 16.5. The van der Waals surface area contributed by atoms with Crippen molar-refractivity contribution in [2.24, 2.45) is 7.05 Å². The van der Waals surface area contributed by atoms with Gasteiger partial charge in [0, 0.05) is 51.0 Å². The van der Waals surface area contributed by atoms with E-state index < -0.39 is 0 Å². The van der Waals surface area contributed by atoms with Gasteiger partial charge in [-0.05, 0) is 26.0 Å². The van der Waals surface area contributed by atoms with Crippen LogP contribution in [0.25, 0.3) is 11.2 Å². The Hall–Kier alpha value is -2.93. The van der Waals surface area contributed by atoms with Crippen LogP contribution in [0.1, 0.15) is 29.8 Å². The molecule has 1 atom stereocenters. The molecule has 7 nitrogen and oxygen atoms in total. The van der Waals surface area contributed by atoms with Crippen molar-refractivity contribution in [2.75, 3.05) is 26.2 Å². The first-order valence-corrected chi connectivity index (χ1v) is 10.1. The third-order valence-corrected chi connectivity index (χ3v) is 5.47. The van der Waals surface area contributed by atoms with Crippen LogP contribution in [0.2, 0.25) is 0 Å². The second kappa shape index (κ2) is 8.21. The van der Waals surface area contributed by atoms with Crippen LogP contribution in [-0.2, 0) is 13.6 Å². The molecule has 0 N–H and O–H groups in total. The Kier molecular flexibility index (Phi) is 5.49. The number of fused-ring (bicyclic) bond motifs is 1. The van der Waals surface area contributed by atoms with Gasteiger partial charge in [0.15, 0.2) is 5.65 Å². The van der Waals surface area contributed by atoms with Crippen LogP contribution in [-0.4, -0.2) is 62.5 Å². The van der Waals surface area contributed by atoms with Crippen molar-refractivity contribution in [1.82, 2.24) is 24.3 Å². The molecule has 0 spiro atoms. The van der Waals surface area contributed by atoms with Crippen LogP contribution < -0.4 is 4.74 Å². The molecule has 1 aliphatic rings. The average Bonchev–Trinajstić information content (AvgIpc) is 3.10. The Bertz CT molecular complexity index is 1020. The summed E-state index contributed by atoms with van der Waals surface area (Å²) in [6, 6.07) is 10.1. The average molecular weight is 393 g/mol. The SMILES string of the molecule is CCOc1ccccc1CN1CCN(C(=O)c2ccnc3c2ncn3C)C(C)C1. The third kappa shape index (κ3) is 3.82. The first-order valence-electron chi connectivity index (χ1n) is 10.1. The van der Waals surface area contributed by atoms with Gasteiger partial charge in [0.2, 0.25) is 0 Å². The Morgan fingerprint density at radius 2 is 2.03 bits per heavy atom. The number of nitrogens with zero attached hydrogens (tertiary/aromatic N) is 5. The van der Waals surface area contributed by atoms with E-state index in [4.69, 9.17) is 4.74 Å². The normalized spacial score (nSPS) is 17.6. The number of pyridine rings is 1. The van der Waals surface area contributed by atoms with E-state index in [1.807, 2.05) is 41.6 Å². The van der Waals surface area contributed by atoms with E-state index in [1.54, 1.807) is 18.6 Å². The molecule has 3 heterocycles. The topological polar surface area (TPSA) is 63.5 Å². The Balaban J connectivity index is 1.47. The third-order valence-electron chi connectivity index (χ3n) is 5.47. The minimum absolute atomic E-state index is 0.0259. The fourth-order valence-electron chi connectivity index (χ4n) is 4.00. The predicted molar refractivity (Wildman–Crippen MR) is 112 cm³/mol. The zero-order valence-electron chi connectivity index (χ0n) is 17.2. The first-order chi connectivity index (χ1) is 14.1. The van der Waals surface area contributed by atoms with Crippen molar-refractivity contribution in [1.29, 1.82) is 0 Å². The van der Waals surface area contributed by atoms with Crippen molar-refractivity contribution >= 4 is 17.1 Å². The monoisotopic (exact) mass is 393 g/mol. The number of hydrogen-bond donors (Lipinski definition) is 0. The second-order valence-electron chi connectivity index (χ2n) is 7.51. The molecule has 7 heteroatoms. The maximum absolute atomic E-state index is 13.2. The van der Waals surface area contributed by atoms with Crippen molar-refractivity contribution in [3.05, 3.63) is 54.0 Å². The van der Waals surface area contributed by atoms with Crippen LogP contribution in [0.15, 0.2) is 42.9 Å². The van der Waals surface area contributed by atoms with Gasteiger partial charge in [0.1, 0.15) is 11.3 Å². The lowest BCUT2D eigenvalue weighted by Crippen LogP contribution is -2.53. The molecule has 1 amide bonds. The van der Waals surface area contributed by atoms with E-state index in [-0.39, 0.29) is 11.9 Å². The number of ether oxygens (including phenoxy) is 1. The number of rotatable bonds is 5. The van der Waals surface area contributed by atoms with Gasteiger partial charge in [-0.3, -0.25) is 9.69 Å². The van der Waals surface area contributed by atoms with E-state index in [2.05, 4.69) is 27.9 Å². The van der Waals surface area contributed by atoms with Crippen LogP contribution in [0.5, 0.6) is 5.75 Å². The number of amides is 1. The number of hydrogen-bond acceptors (Lipinski definition) is 5. The lowest BCUT2D eigenvalue weighted by Gasteiger charge is -2.40. The maximum atomic E-state index is 13.2. The number of carbonyl (C=O) groups is 1. The summed E-state index contributed by atoms with van der Waals surface area (Å²) in [6.45, 7) is 7.92. The van der Waals surface area contributed by atoms with E-state index in [0.717, 1.165) is 31.0 Å². The van der Waals surface area contributed by atoms with E-state index >= 15 is 0 Å². The van der Waals surface area contributed by atoms with Gasteiger partial charge in [0.05, 0.1) is 18.5 Å². The molecule has 0 saturated carbocycles. The summed E-state index contributed by atoms with van der Waals surface area (Å²) >= 11 is 0. The summed E-state index contributed by atoms with van der Waals surface area (Å²) in [4.78, 5) is 26.3. The molecule has 4 rings (SSSR count). The molecule has 1 aliphatic heterocycles. The first kappa shape index (κ1) is 19.4. The molecule has 1 fully saturated rings. The quantitative estimate of drug-likeness (QED) is 0.667. The van der Waals surface area contributed by atoms with Crippen LogP contribution in [0.3, 0.4) is 0 Å². The molecular weight excluding hydrogens is 366 g/mol. The maximum Gasteiger partial charge on any atom is 0.256 e. The van der Waals surface area contributed by atoms with Crippen molar-refractivity contribution in [3.8, 4) is 5.75 Å². The fourth-order valence-corrected chi connectivity index (χ4v) is 4.00. The number of imidazole rings is 1. The minimum Gasteiger partial charge on any atom is -0.494 e.